The summed E-state index contributed by atoms with van der Waals surface area (Å²) in [6.45, 7) is 2.65. The molecule has 0 aliphatic rings. The number of carbonyl (C=O) groups excluding carboxylic acids is 1. The van der Waals surface area contributed by atoms with Crippen molar-refractivity contribution in [2.24, 2.45) is 0 Å². The van der Waals surface area contributed by atoms with E-state index in [1.165, 1.54) is 19.2 Å². The van der Waals surface area contributed by atoms with E-state index in [-0.39, 0.29) is 11.6 Å². The van der Waals surface area contributed by atoms with E-state index in [1.54, 1.807) is 13.0 Å². The van der Waals surface area contributed by atoms with Gasteiger partial charge in [-0.15, -0.1) is 0 Å². The van der Waals surface area contributed by atoms with Gasteiger partial charge in [-0.1, -0.05) is 6.07 Å². The monoisotopic (exact) mass is 300 g/mol. The summed E-state index contributed by atoms with van der Waals surface area (Å²) in [5.41, 5.74) is 0.919. The van der Waals surface area contributed by atoms with Crippen molar-refractivity contribution in [1.82, 2.24) is 5.32 Å². The molecule has 1 rings (SSSR count). The molecule has 0 spiro atoms. The van der Waals surface area contributed by atoms with Gasteiger partial charge in [0.05, 0.1) is 5.69 Å². The van der Waals surface area contributed by atoms with Crippen LogP contribution >= 0.6 is 0 Å². The van der Waals surface area contributed by atoms with Gasteiger partial charge in [0.1, 0.15) is 0 Å². The molecule has 1 atom stereocenters. The molecule has 20 heavy (non-hydrogen) atoms. The van der Waals surface area contributed by atoms with Crippen molar-refractivity contribution in [2.45, 2.75) is 19.1 Å². The topological polar surface area (TPSA) is 113 Å². The lowest BCUT2D eigenvalue weighted by Gasteiger charge is -2.15. The second kappa shape index (κ2) is 5.91. The maximum Gasteiger partial charge on any atom is 0.323 e. The largest absolute Gasteiger partial charge is 0.480 e. The second-order valence-corrected chi connectivity index (χ2v) is 6.19. The summed E-state index contributed by atoms with van der Waals surface area (Å²) in [6, 6.07) is 4.53. The zero-order chi connectivity index (χ0) is 15.5. The molecule has 0 saturated carbocycles. The molecule has 0 heterocycles. The zero-order valence-corrected chi connectivity index (χ0v) is 12.1. The number of hydrogen-bond acceptors (Lipinski definition) is 4. The lowest BCUT2D eigenvalue weighted by molar-refractivity contribution is -0.136. The number of anilines is 1. The van der Waals surface area contributed by atoms with Gasteiger partial charge in [-0.25, -0.2) is 8.42 Å². The van der Waals surface area contributed by atoms with Crippen LogP contribution in [0.25, 0.3) is 0 Å². The van der Waals surface area contributed by atoms with E-state index in [2.05, 4.69) is 10.0 Å². The number of nitrogens with one attached hydrogen (secondary N) is 2. The Morgan fingerprint density at radius 2 is 1.90 bits per heavy atom. The van der Waals surface area contributed by atoms with Crippen LogP contribution in [0.5, 0.6) is 0 Å². The van der Waals surface area contributed by atoms with Crippen molar-refractivity contribution in [3.63, 3.8) is 0 Å². The van der Waals surface area contributed by atoms with E-state index < -0.39 is 21.2 Å². The lowest BCUT2D eigenvalue weighted by atomic mass is 10.1. The van der Waals surface area contributed by atoms with Crippen LogP contribution in [0.1, 0.15) is 22.8 Å². The average Bonchev–Trinajstić information content (AvgIpc) is 2.39. The highest BCUT2D eigenvalue weighted by molar-refractivity contribution is 7.94. The summed E-state index contributed by atoms with van der Waals surface area (Å²) in [5.74, 6) is -1.80. The van der Waals surface area contributed by atoms with Crippen LogP contribution in [-0.2, 0) is 14.8 Å². The SMILES string of the molecule is CNC(=O)c1cccc(NS(=O)(=O)C(C)C(=O)O)c1C. The van der Waals surface area contributed by atoms with E-state index in [4.69, 9.17) is 5.11 Å². The molecule has 1 aromatic carbocycles. The van der Waals surface area contributed by atoms with Gasteiger partial charge in [-0.05, 0) is 31.5 Å². The number of benzene rings is 1. The summed E-state index contributed by atoms with van der Waals surface area (Å²) < 4.78 is 25.9. The fourth-order valence-corrected chi connectivity index (χ4v) is 2.47. The van der Waals surface area contributed by atoms with Crippen LogP contribution in [0.4, 0.5) is 5.69 Å². The molecular formula is C12H16N2O5S. The molecular weight excluding hydrogens is 284 g/mol. The first-order chi connectivity index (χ1) is 9.20. The molecule has 1 aromatic rings. The van der Waals surface area contributed by atoms with Crippen LogP contribution in [-0.4, -0.2) is 37.7 Å². The molecule has 0 bridgehead atoms. The van der Waals surface area contributed by atoms with Crippen LogP contribution in [0.2, 0.25) is 0 Å². The molecule has 0 aliphatic heterocycles. The van der Waals surface area contributed by atoms with Crippen molar-refractivity contribution >= 4 is 27.6 Å². The summed E-state index contributed by atoms with van der Waals surface area (Å²) in [5, 5.41) is 9.61. The number of aliphatic carboxylic acids is 1. The fourth-order valence-electron chi connectivity index (χ4n) is 1.50. The van der Waals surface area contributed by atoms with Crippen molar-refractivity contribution in [2.75, 3.05) is 11.8 Å². The highest BCUT2D eigenvalue weighted by Gasteiger charge is 2.28. The van der Waals surface area contributed by atoms with Gasteiger partial charge in [0.15, 0.2) is 5.25 Å². The number of carbonyl (C=O) groups is 2. The predicted octanol–water partition coefficient (Wildman–Crippen LogP) is 0.569. The standard InChI is InChI=1S/C12H16N2O5S/c1-7-9(11(15)13-3)5-4-6-10(7)14-20(18,19)8(2)12(16)17/h4-6,8,14H,1-3H3,(H,13,15)(H,16,17). The second-order valence-electron chi connectivity index (χ2n) is 4.18. The number of carboxylic acids is 1. The predicted molar refractivity (Wildman–Crippen MR) is 74.2 cm³/mol. The van der Waals surface area contributed by atoms with Gasteiger partial charge in [-0.3, -0.25) is 14.3 Å². The quantitative estimate of drug-likeness (QED) is 0.736. The minimum atomic E-state index is -4.07. The Labute approximate surface area is 117 Å². The number of amides is 1. The summed E-state index contributed by atoms with van der Waals surface area (Å²) in [7, 11) is -2.60. The summed E-state index contributed by atoms with van der Waals surface area (Å²) in [4.78, 5) is 22.4. The Hall–Kier alpha value is -2.09. The van der Waals surface area contributed by atoms with Crippen LogP contribution in [0, 0.1) is 6.92 Å². The third-order valence-corrected chi connectivity index (χ3v) is 4.51. The van der Waals surface area contributed by atoms with Crippen molar-refractivity contribution in [3.05, 3.63) is 29.3 Å². The lowest BCUT2D eigenvalue weighted by Crippen LogP contribution is -2.32. The molecule has 0 fully saturated rings. The third-order valence-electron chi connectivity index (χ3n) is 2.87. The summed E-state index contributed by atoms with van der Waals surface area (Å²) >= 11 is 0. The van der Waals surface area contributed by atoms with Gasteiger partial charge < -0.3 is 10.4 Å². The van der Waals surface area contributed by atoms with Gasteiger partial charge in [0, 0.05) is 12.6 Å². The molecule has 1 amide bonds. The zero-order valence-electron chi connectivity index (χ0n) is 11.3. The molecule has 0 aliphatic carbocycles. The molecule has 0 saturated heterocycles. The fraction of sp³-hybridized carbons (Fsp3) is 0.333. The Morgan fingerprint density at radius 1 is 1.30 bits per heavy atom. The molecule has 8 heteroatoms. The molecule has 7 nitrogen and oxygen atoms in total. The van der Waals surface area contributed by atoms with E-state index >= 15 is 0 Å². The Bertz CT molecular complexity index is 639. The van der Waals surface area contributed by atoms with Crippen molar-refractivity contribution < 1.29 is 23.1 Å². The molecule has 1 unspecified atom stereocenters. The first kappa shape index (κ1) is 16.0. The number of sulfonamides is 1. The minimum Gasteiger partial charge on any atom is -0.480 e. The van der Waals surface area contributed by atoms with Gasteiger partial charge >= 0.3 is 5.97 Å². The van der Waals surface area contributed by atoms with E-state index in [9.17, 15) is 18.0 Å². The van der Waals surface area contributed by atoms with Crippen LogP contribution in [0.3, 0.4) is 0 Å². The normalized spacial score (nSPS) is 12.6. The number of rotatable bonds is 5. The van der Waals surface area contributed by atoms with Gasteiger partial charge in [0.2, 0.25) is 10.0 Å². The molecule has 0 radical (unpaired) electrons. The van der Waals surface area contributed by atoms with Crippen molar-refractivity contribution in [3.8, 4) is 0 Å². The maximum absolute atomic E-state index is 11.9. The first-order valence-corrected chi connectivity index (χ1v) is 7.31. The molecule has 0 aromatic heterocycles. The highest BCUT2D eigenvalue weighted by atomic mass is 32.2. The third kappa shape index (κ3) is 3.27. The first-order valence-electron chi connectivity index (χ1n) is 5.77. The highest BCUT2D eigenvalue weighted by Crippen LogP contribution is 2.21. The van der Waals surface area contributed by atoms with E-state index in [0.717, 1.165) is 6.92 Å². The number of carboxylic acid groups (broad SMARTS) is 1. The molecule has 3 N–H and O–H groups in total. The maximum atomic E-state index is 11.9. The Morgan fingerprint density at radius 3 is 2.40 bits per heavy atom. The summed E-state index contributed by atoms with van der Waals surface area (Å²) in [6.07, 6.45) is 0. The molecule has 110 valence electrons. The van der Waals surface area contributed by atoms with Crippen LogP contribution < -0.4 is 10.0 Å². The average molecular weight is 300 g/mol. The minimum absolute atomic E-state index is 0.180. The van der Waals surface area contributed by atoms with Gasteiger partial charge in [0.25, 0.3) is 5.91 Å². The van der Waals surface area contributed by atoms with E-state index in [0.29, 0.717) is 11.1 Å². The van der Waals surface area contributed by atoms with Gasteiger partial charge in [-0.2, -0.15) is 0 Å². The van der Waals surface area contributed by atoms with Crippen molar-refractivity contribution in [1.29, 1.82) is 0 Å². The Balaban J connectivity index is 3.17. The smallest absolute Gasteiger partial charge is 0.323 e. The Kier molecular flexibility index (Phi) is 4.72. The van der Waals surface area contributed by atoms with Crippen LogP contribution in [0.15, 0.2) is 18.2 Å². The number of hydrogen-bond donors (Lipinski definition) is 3. The van der Waals surface area contributed by atoms with E-state index in [1.807, 2.05) is 0 Å².